The molecule has 158 valence electrons. The number of rotatable bonds is 4. The van der Waals surface area contributed by atoms with E-state index in [9.17, 15) is 4.79 Å². The van der Waals surface area contributed by atoms with E-state index in [4.69, 9.17) is 23.7 Å². The molecule has 0 fully saturated rings. The summed E-state index contributed by atoms with van der Waals surface area (Å²) in [4.78, 5) is 12.6. The third-order valence-corrected chi connectivity index (χ3v) is 5.49. The first-order valence-corrected chi connectivity index (χ1v) is 10.7. The molecule has 5 rings (SSSR count). The highest BCUT2D eigenvalue weighted by Crippen LogP contribution is 2.38. The van der Waals surface area contributed by atoms with Gasteiger partial charge < -0.3 is 23.7 Å². The Morgan fingerprint density at radius 3 is 2.61 bits per heavy atom. The Bertz CT molecular complexity index is 1100. The monoisotopic (exact) mass is 482 g/mol. The van der Waals surface area contributed by atoms with E-state index >= 15 is 0 Å². The molecular formula is C24H19BrO6. The van der Waals surface area contributed by atoms with Crippen LogP contribution in [0.5, 0.6) is 17.2 Å². The molecule has 3 aromatic carbocycles. The largest absolute Gasteiger partial charge is 0.485 e. The molecule has 0 bridgehead atoms. The van der Waals surface area contributed by atoms with Crippen LogP contribution in [0.1, 0.15) is 23.0 Å². The number of carbonyl (C=O) groups excluding carboxylic acids is 1. The van der Waals surface area contributed by atoms with E-state index in [1.165, 1.54) is 0 Å². The van der Waals surface area contributed by atoms with Crippen molar-refractivity contribution in [1.82, 2.24) is 0 Å². The average Bonchev–Trinajstić information content (AvgIpc) is 2.82. The molecule has 0 unspecified atom stereocenters. The predicted octanol–water partition coefficient (Wildman–Crippen LogP) is 4.94. The van der Waals surface area contributed by atoms with Gasteiger partial charge in [-0.05, 0) is 24.3 Å². The molecule has 0 amide bonds. The van der Waals surface area contributed by atoms with Crippen LogP contribution in [0.25, 0.3) is 0 Å². The molecule has 2 aliphatic heterocycles. The summed E-state index contributed by atoms with van der Waals surface area (Å²) in [5.74, 6) is 1.33. The summed E-state index contributed by atoms with van der Waals surface area (Å²) in [7, 11) is 0. The second kappa shape index (κ2) is 8.61. The van der Waals surface area contributed by atoms with Crippen molar-refractivity contribution in [3.63, 3.8) is 0 Å². The van der Waals surface area contributed by atoms with Crippen LogP contribution in [-0.2, 0) is 27.5 Å². The average molecular weight is 483 g/mol. The van der Waals surface area contributed by atoms with Gasteiger partial charge in [0.15, 0.2) is 11.5 Å². The minimum atomic E-state index is -0.820. The van der Waals surface area contributed by atoms with Crippen LogP contribution < -0.4 is 14.2 Å². The number of fused-ring (bicyclic) bond motifs is 2. The minimum absolute atomic E-state index is 0.0453. The molecular weight excluding hydrogens is 464 g/mol. The fourth-order valence-electron chi connectivity index (χ4n) is 3.54. The van der Waals surface area contributed by atoms with Crippen molar-refractivity contribution in [2.24, 2.45) is 0 Å². The van der Waals surface area contributed by atoms with Crippen LogP contribution in [-0.4, -0.2) is 18.7 Å². The van der Waals surface area contributed by atoms with Gasteiger partial charge in [-0.25, -0.2) is 4.79 Å². The molecule has 2 atom stereocenters. The van der Waals surface area contributed by atoms with Gasteiger partial charge in [-0.1, -0.05) is 58.4 Å². The molecule has 0 spiro atoms. The van der Waals surface area contributed by atoms with Crippen molar-refractivity contribution in [2.45, 2.75) is 25.6 Å². The number of hydrogen-bond donors (Lipinski definition) is 0. The molecule has 0 saturated heterocycles. The first-order chi connectivity index (χ1) is 15.2. The fraction of sp³-hybridized carbons (Fsp3) is 0.208. The van der Waals surface area contributed by atoms with E-state index in [0.29, 0.717) is 23.9 Å². The molecule has 2 aliphatic rings. The van der Waals surface area contributed by atoms with Crippen LogP contribution in [0.2, 0.25) is 0 Å². The lowest BCUT2D eigenvalue weighted by atomic mass is 10.1. The lowest BCUT2D eigenvalue weighted by molar-refractivity contribution is -0.156. The second-order valence-electron chi connectivity index (χ2n) is 7.20. The number of benzene rings is 3. The molecule has 7 heteroatoms. The second-order valence-corrected chi connectivity index (χ2v) is 8.11. The van der Waals surface area contributed by atoms with E-state index in [0.717, 1.165) is 21.2 Å². The summed E-state index contributed by atoms with van der Waals surface area (Å²) in [6.45, 7) is 0.544. The van der Waals surface area contributed by atoms with Crippen LogP contribution >= 0.6 is 15.9 Å². The van der Waals surface area contributed by atoms with Crippen LogP contribution in [0.4, 0.5) is 0 Å². The standard InChI is InChI=1S/C24H19BrO6/c25-18-10-16(12-28-23(26)21-14-27-19-8-4-5-9-20(19)30-21)22-17(11-18)13-29-24(31-22)15-6-2-1-3-7-15/h1-11,21,24H,12-14H2/t21-,24-/m1/s1. The van der Waals surface area contributed by atoms with Gasteiger partial charge in [-0.3, -0.25) is 0 Å². The summed E-state index contributed by atoms with van der Waals surface area (Å²) in [5.41, 5.74) is 2.56. The van der Waals surface area contributed by atoms with Crippen LogP contribution in [0.15, 0.2) is 71.2 Å². The maximum absolute atomic E-state index is 12.6. The molecule has 0 radical (unpaired) electrons. The molecule has 2 heterocycles. The van der Waals surface area contributed by atoms with E-state index in [-0.39, 0.29) is 13.2 Å². The first kappa shape index (κ1) is 19.9. The number of halogens is 1. The normalized spacial score (nSPS) is 19.1. The van der Waals surface area contributed by atoms with Gasteiger partial charge in [0.25, 0.3) is 0 Å². The lowest BCUT2D eigenvalue weighted by Gasteiger charge is -2.29. The maximum atomic E-state index is 12.6. The molecule has 6 nitrogen and oxygen atoms in total. The molecule has 0 aliphatic carbocycles. The van der Waals surface area contributed by atoms with Gasteiger partial charge in [-0.2, -0.15) is 0 Å². The zero-order valence-corrected chi connectivity index (χ0v) is 18.0. The van der Waals surface area contributed by atoms with E-state index in [1.807, 2.05) is 54.6 Å². The summed E-state index contributed by atoms with van der Waals surface area (Å²) >= 11 is 3.51. The third-order valence-electron chi connectivity index (χ3n) is 5.04. The number of hydrogen-bond acceptors (Lipinski definition) is 6. The highest BCUT2D eigenvalue weighted by molar-refractivity contribution is 9.10. The zero-order valence-electron chi connectivity index (χ0n) is 16.5. The molecule has 3 aromatic rings. The Morgan fingerprint density at radius 1 is 1.00 bits per heavy atom. The summed E-state index contributed by atoms with van der Waals surface area (Å²) in [5, 5.41) is 0. The fourth-order valence-corrected chi connectivity index (χ4v) is 4.09. The summed E-state index contributed by atoms with van der Waals surface area (Å²) in [6, 6.07) is 20.8. The number of ether oxygens (including phenoxy) is 5. The molecule has 31 heavy (non-hydrogen) atoms. The Morgan fingerprint density at radius 2 is 1.77 bits per heavy atom. The molecule has 0 N–H and O–H groups in total. The SMILES string of the molecule is O=C(OCc1cc(Br)cc2c1O[C@H](c1ccccc1)OC2)[C@H]1COc2ccccc2O1. The van der Waals surface area contributed by atoms with Crippen molar-refractivity contribution in [3.8, 4) is 17.2 Å². The van der Waals surface area contributed by atoms with Gasteiger partial charge in [0.1, 0.15) is 19.0 Å². The van der Waals surface area contributed by atoms with Gasteiger partial charge in [0.05, 0.1) is 6.61 Å². The van der Waals surface area contributed by atoms with Gasteiger partial charge in [0, 0.05) is 21.2 Å². The number of esters is 1. The highest BCUT2D eigenvalue weighted by atomic mass is 79.9. The van der Waals surface area contributed by atoms with Crippen molar-refractivity contribution < 1.29 is 28.5 Å². The quantitative estimate of drug-likeness (QED) is 0.490. The zero-order chi connectivity index (χ0) is 21.2. The minimum Gasteiger partial charge on any atom is -0.485 e. The van der Waals surface area contributed by atoms with Gasteiger partial charge in [-0.15, -0.1) is 0 Å². The van der Waals surface area contributed by atoms with E-state index in [2.05, 4.69) is 15.9 Å². The number of para-hydroxylation sites is 2. The van der Waals surface area contributed by atoms with Crippen molar-refractivity contribution in [1.29, 1.82) is 0 Å². The van der Waals surface area contributed by atoms with E-state index in [1.54, 1.807) is 12.1 Å². The topological polar surface area (TPSA) is 63.2 Å². The van der Waals surface area contributed by atoms with E-state index < -0.39 is 18.4 Å². The van der Waals surface area contributed by atoms with Crippen LogP contribution in [0, 0.1) is 0 Å². The third kappa shape index (κ3) is 4.24. The maximum Gasteiger partial charge on any atom is 0.351 e. The lowest BCUT2D eigenvalue weighted by Crippen LogP contribution is -2.37. The first-order valence-electron chi connectivity index (χ1n) is 9.87. The number of carbonyl (C=O) groups is 1. The smallest absolute Gasteiger partial charge is 0.351 e. The summed E-state index contributed by atoms with van der Waals surface area (Å²) < 4.78 is 29.8. The Hall–Kier alpha value is -3.03. The van der Waals surface area contributed by atoms with Crippen LogP contribution in [0.3, 0.4) is 0 Å². The predicted molar refractivity (Wildman–Crippen MR) is 115 cm³/mol. The van der Waals surface area contributed by atoms with Crippen molar-refractivity contribution >= 4 is 21.9 Å². The highest BCUT2D eigenvalue weighted by Gasteiger charge is 2.30. The molecule has 0 aromatic heterocycles. The van der Waals surface area contributed by atoms with Gasteiger partial charge in [0.2, 0.25) is 12.4 Å². The molecule has 0 saturated carbocycles. The van der Waals surface area contributed by atoms with Crippen molar-refractivity contribution in [3.05, 3.63) is 87.9 Å². The van der Waals surface area contributed by atoms with Gasteiger partial charge >= 0.3 is 5.97 Å². The summed E-state index contributed by atoms with van der Waals surface area (Å²) in [6.07, 6.45) is -1.34. The Labute approximate surface area is 187 Å². The van der Waals surface area contributed by atoms with Crippen molar-refractivity contribution in [2.75, 3.05) is 6.61 Å². The Kier molecular flexibility index (Phi) is 5.53. The Balaban J connectivity index is 1.30.